The maximum absolute atomic E-state index is 11.6. The van der Waals surface area contributed by atoms with Crippen LogP contribution in [0.1, 0.15) is 44.9 Å². The second kappa shape index (κ2) is 13.5. The molecule has 0 radical (unpaired) electrons. The van der Waals surface area contributed by atoms with E-state index in [9.17, 15) is 19.5 Å². The number of rotatable bonds is 13. The molecule has 1 atom stereocenters. The molecule has 9 nitrogen and oxygen atoms in total. The summed E-state index contributed by atoms with van der Waals surface area (Å²) in [5, 5.41) is 14.2. The van der Waals surface area contributed by atoms with Crippen molar-refractivity contribution < 1.29 is 19.5 Å². The number of aliphatic imine (C=N–C) groups is 1. The van der Waals surface area contributed by atoms with Crippen LogP contribution in [-0.4, -0.2) is 48.5 Å². The highest BCUT2D eigenvalue weighted by atomic mass is 16.3. The van der Waals surface area contributed by atoms with Crippen LogP contribution in [0.4, 0.5) is 0 Å². The number of hydrogen-bond donors (Lipinski definition) is 5. The molecule has 2 amide bonds. The van der Waals surface area contributed by atoms with Crippen LogP contribution in [0.25, 0.3) is 0 Å². The summed E-state index contributed by atoms with van der Waals surface area (Å²) in [4.78, 5) is 37.0. The lowest BCUT2D eigenvalue weighted by atomic mass is 10.1. The van der Waals surface area contributed by atoms with E-state index in [1.54, 1.807) is 0 Å². The summed E-state index contributed by atoms with van der Waals surface area (Å²) in [6.45, 7) is 0.845. The van der Waals surface area contributed by atoms with Crippen molar-refractivity contribution in [2.24, 2.45) is 16.5 Å². The molecule has 0 aliphatic carbocycles. The smallest absolute Gasteiger partial charge is 0.269 e. The van der Waals surface area contributed by atoms with Gasteiger partial charge in [0.2, 0.25) is 12.1 Å². The van der Waals surface area contributed by atoms with Crippen LogP contribution in [-0.2, 0) is 14.4 Å². The lowest BCUT2D eigenvalue weighted by Gasteiger charge is -2.12. The Morgan fingerprint density at radius 2 is 1.83 bits per heavy atom. The molecule has 0 bridgehead atoms. The Morgan fingerprint density at radius 1 is 1.13 bits per heavy atom. The largest absolute Gasteiger partial charge is 0.370 e. The number of aliphatic hydroxyl groups excluding tert-OH is 1. The molecule has 0 heterocycles. The molecule has 0 aromatic rings. The van der Waals surface area contributed by atoms with Gasteiger partial charge in [0, 0.05) is 25.9 Å². The fourth-order valence-corrected chi connectivity index (χ4v) is 1.74. The van der Waals surface area contributed by atoms with Crippen LogP contribution in [0.5, 0.6) is 0 Å². The standard InChI is InChI=1S/C14H27N5O4/c15-14(16)18-9-4-2-1-3-7-11(21)19-13(23)12(22)17-8-5-6-10-20/h10,13,23H,1-9H2,(H,17,22)(H,19,21)(H4,15,16,18). The van der Waals surface area contributed by atoms with Gasteiger partial charge in [0.05, 0.1) is 0 Å². The second-order valence-electron chi connectivity index (χ2n) is 5.04. The van der Waals surface area contributed by atoms with Crippen LogP contribution in [0.2, 0.25) is 0 Å². The molecule has 0 saturated heterocycles. The molecule has 1 unspecified atom stereocenters. The van der Waals surface area contributed by atoms with Crippen molar-refractivity contribution in [1.29, 1.82) is 0 Å². The van der Waals surface area contributed by atoms with Gasteiger partial charge in [0.15, 0.2) is 5.96 Å². The predicted molar refractivity (Wildman–Crippen MR) is 86.2 cm³/mol. The van der Waals surface area contributed by atoms with E-state index in [-0.39, 0.29) is 24.8 Å². The molecule has 23 heavy (non-hydrogen) atoms. The molecule has 0 aromatic carbocycles. The minimum absolute atomic E-state index is 0.0720. The van der Waals surface area contributed by atoms with Gasteiger partial charge < -0.3 is 32.0 Å². The normalized spacial score (nSPS) is 11.3. The number of nitrogens with two attached hydrogens (primary N) is 2. The van der Waals surface area contributed by atoms with Crippen LogP contribution in [0, 0.1) is 0 Å². The van der Waals surface area contributed by atoms with Gasteiger partial charge >= 0.3 is 0 Å². The fourth-order valence-electron chi connectivity index (χ4n) is 1.74. The Bertz CT molecular complexity index is 397. The van der Waals surface area contributed by atoms with E-state index in [1.165, 1.54) is 0 Å². The Balaban J connectivity index is 3.65. The van der Waals surface area contributed by atoms with E-state index in [0.29, 0.717) is 25.8 Å². The van der Waals surface area contributed by atoms with Crippen LogP contribution >= 0.6 is 0 Å². The Hall–Kier alpha value is -2.16. The number of carbonyl (C=O) groups excluding carboxylic acids is 3. The summed E-state index contributed by atoms with van der Waals surface area (Å²) in [5.74, 6) is -0.992. The summed E-state index contributed by atoms with van der Waals surface area (Å²) in [6.07, 6.45) is 3.47. The third-order valence-electron chi connectivity index (χ3n) is 2.95. The molecule has 0 spiro atoms. The molecule has 0 fully saturated rings. The highest BCUT2D eigenvalue weighted by Gasteiger charge is 2.16. The van der Waals surface area contributed by atoms with E-state index in [1.807, 2.05) is 0 Å². The van der Waals surface area contributed by atoms with Gasteiger partial charge in [-0.05, 0) is 19.3 Å². The fraction of sp³-hybridized carbons (Fsp3) is 0.714. The van der Waals surface area contributed by atoms with Crippen molar-refractivity contribution in [2.75, 3.05) is 13.1 Å². The van der Waals surface area contributed by atoms with Gasteiger partial charge in [-0.1, -0.05) is 12.8 Å². The zero-order valence-electron chi connectivity index (χ0n) is 13.3. The third-order valence-corrected chi connectivity index (χ3v) is 2.95. The van der Waals surface area contributed by atoms with Gasteiger partial charge in [-0.25, -0.2) is 0 Å². The molecular formula is C14H27N5O4. The number of aldehydes is 1. The monoisotopic (exact) mass is 329 g/mol. The minimum Gasteiger partial charge on any atom is -0.370 e. The molecular weight excluding hydrogens is 302 g/mol. The van der Waals surface area contributed by atoms with Crippen molar-refractivity contribution >= 4 is 24.1 Å². The Labute approximate surface area is 135 Å². The van der Waals surface area contributed by atoms with E-state index in [4.69, 9.17) is 11.5 Å². The number of nitrogens with one attached hydrogen (secondary N) is 2. The molecule has 0 saturated carbocycles. The summed E-state index contributed by atoms with van der Waals surface area (Å²) in [5.41, 5.74) is 10.4. The number of hydrogen-bond acceptors (Lipinski definition) is 5. The minimum atomic E-state index is -1.57. The topological polar surface area (TPSA) is 160 Å². The van der Waals surface area contributed by atoms with Gasteiger partial charge in [-0.3, -0.25) is 14.6 Å². The maximum atomic E-state index is 11.6. The maximum Gasteiger partial charge on any atom is 0.269 e. The van der Waals surface area contributed by atoms with E-state index in [0.717, 1.165) is 25.5 Å². The highest BCUT2D eigenvalue weighted by molar-refractivity contribution is 5.86. The number of unbranched alkanes of at least 4 members (excludes halogenated alkanes) is 4. The lowest BCUT2D eigenvalue weighted by molar-refractivity contribution is -0.136. The van der Waals surface area contributed by atoms with Crippen molar-refractivity contribution in [3.63, 3.8) is 0 Å². The predicted octanol–water partition coefficient (Wildman–Crippen LogP) is -1.26. The first-order chi connectivity index (χ1) is 11.0. The molecule has 7 N–H and O–H groups in total. The molecule has 9 heteroatoms. The molecule has 0 aliphatic heterocycles. The zero-order chi connectivity index (χ0) is 17.5. The third kappa shape index (κ3) is 13.2. The number of aliphatic hydroxyl groups is 1. The average molecular weight is 329 g/mol. The van der Waals surface area contributed by atoms with Gasteiger partial charge in [-0.2, -0.15) is 0 Å². The van der Waals surface area contributed by atoms with Crippen LogP contribution in [0.15, 0.2) is 4.99 Å². The molecule has 0 rings (SSSR count). The average Bonchev–Trinajstić information content (AvgIpc) is 2.50. The highest BCUT2D eigenvalue weighted by Crippen LogP contribution is 2.03. The van der Waals surface area contributed by atoms with Gasteiger partial charge in [-0.15, -0.1) is 0 Å². The second-order valence-corrected chi connectivity index (χ2v) is 5.04. The first kappa shape index (κ1) is 20.8. The number of guanidine groups is 1. The van der Waals surface area contributed by atoms with E-state index in [2.05, 4.69) is 15.6 Å². The molecule has 0 aliphatic rings. The Kier molecular flexibility index (Phi) is 12.2. The summed E-state index contributed by atoms with van der Waals surface area (Å²) >= 11 is 0. The van der Waals surface area contributed by atoms with Crippen molar-refractivity contribution in [3.8, 4) is 0 Å². The van der Waals surface area contributed by atoms with Gasteiger partial charge in [0.25, 0.3) is 5.91 Å². The summed E-state index contributed by atoms with van der Waals surface area (Å²) in [6, 6.07) is 0. The van der Waals surface area contributed by atoms with E-state index >= 15 is 0 Å². The van der Waals surface area contributed by atoms with Crippen LogP contribution < -0.4 is 22.1 Å². The van der Waals surface area contributed by atoms with Gasteiger partial charge in [0.1, 0.15) is 6.29 Å². The number of amides is 2. The van der Waals surface area contributed by atoms with Crippen molar-refractivity contribution in [3.05, 3.63) is 0 Å². The van der Waals surface area contributed by atoms with Crippen molar-refractivity contribution in [1.82, 2.24) is 10.6 Å². The van der Waals surface area contributed by atoms with Crippen molar-refractivity contribution in [2.45, 2.75) is 51.2 Å². The lowest BCUT2D eigenvalue weighted by Crippen LogP contribution is -2.46. The number of carbonyl (C=O) groups is 3. The first-order valence-corrected chi connectivity index (χ1v) is 7.71. The molecule has 132 valence electrons. The van der Waals surface area contributed by atoms with E-state index < -0.39 is 12.1 Å². The Morgan fingerprint density at radius 3 is 2.48 bits per heavy atom. The SMILES string of the molecule is NC(N)=NCCCCCCC(=O)NC(O)C(=O)NCCCC=O. The van der Waals surface area contributed by atoms with Crippen LogP contribution in [0.3, 0.4) is 0 Å². The quantitative estimate of drug-likeness (QED) is 0.0932. The number of nitrogens with zero attached hydrogens (tertiary/aromatic N) is 1. The molecule has 0 aromatic heterocycles. The first-order valence-electron chi connectivity index (χ1n) is 7.71. The summed E-state index contributed by atoms with van der Waals surface area (Å²) in [7, 11) is 0. The summed E-state index contributed by atoms with van der Waals surface area (Å²) < 4.78 is 0. The zero-order valence-corrected chi connectivity index (χ0v) is 13.3.